The van der Waals surface area contributed by atoms with Crippen molar-refractivity contribution >= 4 is 22.4 Å². The summed E-state index contributed by atoms with van der Waals surface area (Å²) >= 11 is 5.92. The van der Waals surface area contributed by atoms with Crippen LogP contribution in [-0.2, 0) is 16.6 Å². The largest absolute Gasteiger partial charge is 0.496 e. The number of hydrogen-bond acceptors (Lipinski definition) is 2. The number of hydrogen-bond donors (Lipinski definition) is 0. The Balaban J connectivity index is 2.23. The van der Waals surface area contributed by atoms with E-state index >= 15 is 0 Å². The Morgan fingerprint density at radius 1 is 1.21 bits per heavy atom. The van der Waals surface area contributed by atoms with Gasteiger partial charge in [0.2, 0.25) is 0 Å². The monoisotopic (exact) mass is 298 g/mol. The van der Waals surface area contributed by atoms with Crippen LogP contribution in [0.15, 0.2) is 47.4 Å². The first kappa shape index (κ1) is 14.0. The van der Waals surface area contributed by atoms with Gasteiger partial charge < -0.3 is 4.74 Å². The molecule has 0 aromatic heterocycles. The van der Waals surface area contributed by atoms with Crippen LogP contribution >= 0.6 is 11.6 Å². The molecule has 0 saturated heterocycles. The van der Waals surface area contributed by atoms with Crippen LogP contribution in [0.25, 0.3) is 0 Å². The molecule has 2 aromatic carbocycles. The lowest BCUT2D eigenvalue weighted by atomic mass is 10.2. The normalized spacial score (nSPS) is 12.2. The number of halogens is 2. The molecule has 1 unspecified atom stereocenters. The summed E-state index contributed by atoms with van der Waals surface area (Å²) in [6, 6.07) is 10.8. The summed E-state index contributed by atoms with van der Waals surface area (Å²) in [5.41, 5.74) is 0.762. The minimum atomic E-state index is -1.27. The molecule has 19 heavy (non-hydrogen) atoms. The molecule has 100 valence electrons. The topological polar surface area (TPSA) is 26.3 Å². The van der Waals surface area contributed by atoms with Gasteiger partial charge in [-0.1, -0.05) is 11.6 Å². The maximum atomic E-state index is 12.8. The quantitative estimate of drug-likeness (QED) is 0.858. The Hall–Kier alpha value is -1.39. The van der Waals surface area contributed by atoms with Gasteiger partial charge in [0.1, 0.15) is 11.6 Å². The average molecular weight is 299 g/mol. The molecule has 0 N–H and O–H groups in total. The van der Waals surface area contributed by atoms with Crippen LogP contribution in [-0.4, -0.2) is 11.3 Å². The van der Waals surface area contributed by atoms with Gasteiger partial charge in [-0.2, -0.15) is 0 Å². The van der Waals surface area contributed by atoms with Crippen LogP contribution in [0.1, 0.15) is 5.56 Å². The van der Waals surface area contributed by atoms with Gasteiger partial charge in [0, 0.05) is 15.5 Å². The van der Waals surface area contributed by atoms with Gasteiger partial charge >= 0.3 is 0 Å². The van der Waals surface area contributed by atoms with Crippen molar-refractivity contribution in [1.29, 1.82) is 0 Å². The summed E-state index contributed by atoms with van der Waals surface area (Å²) < 4.78 is 30.2. The summed E-state index contributed by atoms with van der Waals surface area (Å²) in [6.07, 6.45) is 0. The van der Waals surface area contributed by atoms with Gasteiger partial charge in [0.05, 0.1) is 23.7 Å². The Kier molecular flexibility index (Phi) is 4.56. The number of methoxy groups -OCH3 is 1. The van der Waals surface area contributed by atoms with E-state index in [1.165, 1.54) is 24.3 Å². The molecule has 0 aliphatic rings. The first-order chi connectivity index (χ1) is 9.10. The SMILES string of the molecule is COc1ccc(Cl)cc1CS(=O)c1ccc(F)cc1. The highest BCUT2D eigenvalue weighted by Crippen LogP contribution is 2.25. The highest BCUT2D eigenvalue weighted by molar-refractivity contribution is 7.84. The van der Waals surface area contributed by atoms with E-state index in [4.69, 9.17) is 16.3 Å². The third kappa shape index (κ3) is 3.55. The Bertz CT molecular complexity index is 599. The van der Waals surface area contributed by atoms with Crippen LogP contribution in [0.3, 0.4) is 0 Å². The molecule has 0 aliphatic carbocycles. The first-order valence-corrected chi connectivity index (χ1v) is 7.26. The van der Waals surface area contributed by atoms with Crippen molar-refractivity contribution in [2.45, 2.75) is 10.6 Å². The van der Waals surface area contributed by atoms with E-state index in [0.717, 1.165) is 5.56 Å². The van der Waals surface area contributed by atoms with Gasteiger partial charge in [-0.15, -0.1) is 0 Å². The lowest BCUT2D eigenvalue weighted by Gasteiger charge is -2.09. The third-order valence-corrected chi connectivity index (χ3v) is 4.21. The maximum Gasteiger partial charge on any atom is 0.123 e. The number of benzene rings is 2. The van der Waals surface area contributed by atoms with Crippen molar-refractivity contribution in [3.05, 3.63) is 58.9 Å². The third-order valence-electron chi connectivity index (χ3n) is 2.61. The van der Waals surface area contributed by atoms with E-state index < -0.39 is 10.8 Å². The van der Waals surface area contributed by atoms with Gasteiger partial charge in [-0.05, 0) is 42.5 Å². The fourth-order valence-electron chi connectivity index (χ4n) is 1.67. The smallest absolute Gasteiger partial charge is 0.123 e. The van der Waals surface area contributed by atoms with Crippen molar-refractivity contribution in [3.8, 4) is 5.75 Å². The molecule has 0 saturated carbocycles. The summed E-state index contributed by atoms with van der Waals surface area (Å²) in [4.78, 5) is 0.573. The van der Waals surface area contributed by atoms with Crippen LogP contribution in [0.2, 0.25) is 5.02 Å². The molecule has 2 aromatic rings. The van der Waals surface area contributed by atoms with Crippen LogP contribution < -0.4 is 4.74 Å². The molecular formula is C14H12ClFO2S. The zero-order valence-corrected chi connectivity index (χ0v) is 11.8. The fraction of sp³-hybridized carbons (Fsp3) is 0.143. The van der Waals surface area contributed by atoms with Gasteiger partial charge in [-0.25, -0.2) is 4.39 Å². The zero-order chi connectivity index (χ0) is 13.8. The van der Waals surface area contributed by atoms with E-state index in [1.54, 1.807) is 25.3 Å². The van der Waals surface area contributed by atoms with E-state index in [0.29, 0.717) is 15.7 Å². The lowest BCUT2D eigenvalue weighted by Crippen LogP contribution is -1.99. The summed E-state index contributed by atoms with van der Waals surface area (Å²) in [5, 5.41) is 0.562. The predicted molar refractivity (Wildman–Crippen MR) is 74.5 cm³/mol. The summed E-state index contributed by atoms with van der Waals surface area (Å²) in [6.45, 7) is 0. The van der Waals surface area contributed by atoms with Crippen LogP contribution in [0.4, 0.5) is 4.39 Å². The number of ether oxygens (including phenoxy) is 1. The second kappa shape index (κ2) is 6.17. The predicted octanol–water partition coefficient (Wildman–Crippen LogP) is 3.80. The van der Waals surface area contributed by atoms with Crippen molar-refractivity contribution in [3.63, 3.8) is 0 Å². The molecule has 0 fully saturated rings. The fourth-order valence-corrected chi connectivity index (χ4v) is 2.98. The molecule has 0 aliphatic heterocycles. The maximum absolute atomic E-state index is 12.8. The minimum absolute atomic E-state index is 0.273. The number of rotatable bonds is 4. The van der Waals surface area contributed by atoms with E-state index in [-0.39, 0.29) is 11.6 Å². The highest BCUT2D eigenvalue weighted by atomic mass is 35.5. The molecule has 0 spiro atoms. The standard InChI is InChI=1S/C14H12ClFO2S/c1-18-14-7-2-11(15)8-10(14)9-19(17)13-5-3-12(16)4-6-13/h2-8H,9H2,1H3. The van der Waals surface area contributed by atoms with Crippen molar-refractivity contribution in [1.82, 2.24) is 0 Å². The van der Waals surface area contributed by atoms with Crippen LogP contribution in [0.5, 0.6) is 5.75 Å². The lowest BCUT2D eigenvalue weighted by molar-refractivity contribution is 0.411. The second-order valence-electron chi connectivity index (χ2n) is 3.90. The van der Waals surface area contributed by atoms with Crippen molar-refractivity contribution in [2.75, 3.05) is 7.11 Å². The molecular weight excluding hydrogens is 287 g/mol. The first-order valence-electron chi connectivity index (χ1n) is 5.56. The highest BCUT2D eigenvalue weighted by Gasteiger charge is 2.10. The molecule has 1 atom stereocenters. The summed E-state index contributed by atoms with van der Waals surface area (Å²) in [5.74, 6) is 0.566. The van der Waals surface area contributed by atoms with Crippen LogP contribution in [0, 0.1) is 5.82 Å². The molecule has 2 nitrogen and oxygen atoms in total. The Labute approximate surface area is 118 Å². The van der Waals surface area contributed by atoms with E-state index in [2.05, 4.69) is 0 Å². The molecule has 0 amide bonds. The Morgan fingerprint density at radius 2 is 1.89 bits per heavy atom. The average Bonchev–Trinajstić information content (AvgIpc) is 2.39. The molecule has 0 bridgehead atoms. The van der Waals surface area contributed by atoms with E-state index in [9.17, 15) is 8.60 Å². The second-order valence-corrected chi connectivity index (χ2v) is 5.79. The molecule has 2 rings (SSSR count). The van der Waals surface area contributed by atoms with Gasteiger partial charge in [-0.3, -0.25) is 4.21 Å². The summed E-state index contributed by atoms with van der Waals surface area (Å²) in [7, 11) is 0.281. The zero-order valence-electron chi connectivity index (χ0n) is 10.2. The minimum Gasteiger partial charge on any atom is -0.496 e. The molecule has 0 heterocycles. The van der Waals surface area contributed by atoms with E-state index in [1.807, 2.05) is 0 Å². The van der Waals surface area contributed by atoms with Crippen molar-refractivity contribution < 1.29 is 13.3 Å². The van der Waals surface area contributed by atoms with Gasteiger partial charge in [0.25, 0.3) is 0 Å². The van der Waals surface area contributed by atoms with Gasteiger partial charge in [0.15, 0.2) is 0 Å². The molecule has 0 radical (unpaired) electrons. The Morgan fingerprint density at radius 3 is 2.53 bits per heavy atom. The molecule has 5 heteroatoms. The van der Waals surface area contributed by atoms with Crippen molar-refractivity contribution in [2.24, 2.45) is 0 Å².